The van der Waals surface area contributed by atoms with Gasteiger partial charge in [0.2, 0.25) is 0 Å². The van der Waals surface area contributed by atoms with Crippen LogP contribution in [0, 0.1) is 5.82 Å². The highest BCUT2D eigenvalue weighted by Crippen LogP contribution is 2.42. The van der Waals surface area contributed by atoms with Crippen molar-refractivity contribution in [1.29, 1.82) is 0 Å². The van der Waals surface area contributed by atoms with Crippen LogP contribution in [-0.4, -0.2) is 21.2 Å². The molecule has 1 aliphatic rings. The van der Waals surface area contributed by atoms with Crippen LogP contribution in [0.1, 0.15) is 24.5 Å². The Bertz CT molecular complexity index is 1250. The van der Waals surface area contributed by atoms with E-state index in [2.05, 4.69) is 31.9 Å². The fraction of sp³-hybridized carbons (Fsp3) is 0.136. The number of nitrogens with zero attached hydrogens (tertiary/aromatic N) is 2. The van der Waals surface area contributed by atoms with Crippen molar-refractivity contribution >= 4 is 34.3 Å². The number of nitrogens with two attached hydrogens (primary N) is 1. The maximum atomic E-state index is 13.7. The van der Waals surface area contributed by atoms with Crippen LogP contribution in [0.15, 0.2) is 54.6 Å². The number of benzene rings is 2. The predicted molar refractivity (Wildman–Crippen MR) is 115 cm³/mol. The Balaban J connectivity index is 1.39. The molecule has 0 aliphatic heterocycles. The molecule has 0 bridgehead atoms. The number of nitrogen functional groups attached to an aromatic ring is 1. The number of H-pyrrole nitrogens is 1. The van der Waals surface area contributed by atoms with E-state index >= 15 is 0 Å². The average molecular weight is 402 g/mol. The van der Waals surface area contributed by atoms with E-state index in [1.54, 1.807) is 24.3 Å². The molecule has 8 heteroatoms. The monoisotopic (exact) mass is 402 g/mol. The van der Waals surface area contributed by atoms with Crippen molar-refractivity contribution in [1.82, 2.24) is 15.2 Å². The number of pyridine rings is 1. The molecule has 0 spiro atoms. The number of hydrogen-bond donors (Lipinski definition) is 4. The van der Waals surface area contributed by atoms with Gasteiger partial charge in [0.1, 0.15) is 5.82 Å². The normalized spacial score (nSPS) is 13.4. The maximum absolute atomic E-state index is 13.7. The quantitative estimate of drug-likeness (QED) is 0.390. The number of rotatable bonds is 4. The number of para-hydroxylation sites is 1. The Kier molecular flexibility index (Phi) is 4.31. The molecule has 2 amide bonds. The highest BCUT2D eigenvalue weighted by atomic mass is 19.1. The largest absolute Gasteiger partial charge is 0.382 e. The summed E-state index contributed by atoms with van der Waals surface area (Å²) < 4.78 is 13.7. The minimum absolute atomic E-state index is 0.119. The third-order valence-electron chi connectivity index (χ3n) is 5.15. The second-order valence-corrected chi connectivity index (χ2v) is 7.34. The van der Waals surface area contributed by atoms with Crippen molar-refractivity contribution in [3.8, 4) is 11.1 Å². The number of anilines is 3. The molecule has 150 valence electrons. The lowest BCUT2D eigenvalue weighted by molar-refractivity contribution is 0.262. The first-order valence-corrected chi connectivity index (χ1v) is 9.66. The number of aromatic amines is 1. The van der Waals surface area contributed by atoms with Crippen LogP contribution in [0.3, 0.4) is 0 Å². The van der Waals surface area contributed by atoms with Gasteiger partial charge in [-0.2, -0.15) is 5.10 Å². The number of amides is 2. The molecule has 5 N–H and O–H groups in total. The fourth-order valence-corrected chi connectivity index (χ4v) is 3.47. The smallest absolute Gasteiger partial charge is 0.323 e. The van der Waals surface area contributed by atoms with Gasteiger partial charge in [0.25, 0.3) is 0 Å². The Morgan fingerprint density at radius 1 is 1.10 bits per heavy atom. The summed E-state index contributed by atoms with van der Waals surface area (Å²) >= 11 is 0. The highest BCUT2D eigenvalue weighted by molar-refractivity contribution is 6.01. The van der Waals surface area contributed by atoms with Crippen molar-refractivity contribution in [3.05, 3.63) is 66.1 Å². The predicted octanol–water partition coefficient (Wildman–Crippen LogP) is 4.87. The lowest BCUT2D eigenvalue weighted by Crippen LogP contribution is -2.20. The first-order chi connectivity index (χ1) is 14.6. The van der Waals surface area contributed by atoms with E-state index in [1.165, 1.54) is 12.1 Å². The van der Waals surface area contributed by atoms with Gasteiger partial charge in [-0.15, -0.1) is 0 Å². The van der Waals surface area contributed by atoms with Crippen LogP contribution in [0.25, 0.3) is 22.2 Å². The summed E-state index contributed by atoms with van der Waals surface area (Å²) in [7, 11) is 0. The third-order valence-corrected chi connectivity index (χ3v) is 5.15. The second-order valence-electron chi connectivity index (χ2n) is 7.34. The fourth-order valence-electron chi connectivity index (χ4n) is 3.47. The topological polar surface area (TPSA) is 109 Å². The van der Waals surface area contributed by atoms with Gasteiger partial charge < -0.3 is 16.4 Å². The van der Waals surface area contributed by atoms with Gasteiger partial charge in [-0.3, -0.25) is 5.10 Å². The van der Waals surface area contributed by atoms with Crippen molar-refractivity contribution in [2.75, 3.05) is 16.4 Å². The van der Waals surface area contributed by atoms with Crippen LogP contribution in [0.2, 0.25) is 0 Å². The number of nitrogens with one attached hydrogen (secondary N) is 3. The summed E-state index contributed by atoms with van der Waals surface area (Å²) in [6.45, 7) is 0. The lowest BCUT2D eigenvalue weighted by atomic mass is 10.0. The molecule has 0 radical (unpaired) electrons. The number of fused-ring (bicyclic) bond motifs is 1. The molecule has 4 aromatic rings. The zero-order valence-corrected chi connectivity index (χ0v) is 15.9. The van der Waals surface area contributed by atoms with Crippen LogP contribution < -0.4 is 16.4 Å². The molecule has 2 aromatic heterocycles. The molecule has 30 heavy (non-hydrogen) atoms. The van der Waals surface area contributed by atoms with Crippen LogP contribution >= 0.6 is 0 Å². The molecule has 2 heterocycles. The summed E-state index contributed by atoms with van der Waals surface area (Å²) in [5.74, 6) is 0.399. The van der Waals surface area contributed by atoms with Gasteiger partial charge in [-0.1, -0.05) is 24.3 Å². The van der Waals surface area contributed by atoms with Crippen molar-refractivity contribution in [3.63, 3.8) is 0 Å². The molecule has 7 nitrogen and oxygen atoms in total. The van der Waals surface area contributed by atoms with Gasteiger partial charge in [-0.05, 0) is 54.3 Å². The molecule has 2 aromatic carbocycles. The van der Waals surface area contributed by atoms with Crippen molar-refractivity contribution < 1.29 is 9.18 Å². The van der Waals surface area contributed by atoms with Crippen LogP contribution in [0.5, 0.6) is 0 Å². The number of carbonyl (C=O) groups is 1. The molecular formula is C22H19FN6O. The van der Waals surface area contributed by atoms with E-state index in [-0.39, 0.29) is 5.69 Å². The summed E-state index contributed by atoms with van der Waals surface area (Å²) in [5, 5.41) is 13.0. The zero-order valence-electron chi connectivity index (χ0n) is 15.9. The van der Waals surface area contributed by atoms with E-state index in [1.807, 2.05) is 12.1 Å². The number of carbonyl (C=O) groups excluding carboxylic acids is 1. The summed E-state index contributed by atoms with van der Waals surface area (Å²) in [5.41, 5.74) is 10.4. The molecule has 0 saturated heterocycles. The number of urea groups is 1. The van der Waals surface area contributed by atoms with E-state index < -0.39 is 11.8 Å². The van der Waals surface area contributed by atoms with Crippen LogP contribution in [0.4, 0.5) is 26.4 Å². The maximum Gasteiger partial charge on any atom is 0.323 e. The Morgan fingerprint density at radius 3 is 2.60 bits per heavy atom. The molecule has 1 aliphatic carbocycles. The van der Waals surface area contributed by atoms with E-state index in [0.717, 1.165) is 35.0 Å². The minimum Gasteiger partial charge on any atom is -0.382 e. The lowest BCUT2D eigenvalue weighted by Gasteiger charge is -2.10. The van der Waals surface area contributed by atoms with Crippen molar-refractivity contribution in [2.24, 2.45) is 0 Å². The van der Waals surface area contributed by atoms with E-state index in [9.17, 15) is 9.18 Å². The number of hydrogen-bond acceptors (Lipinski definition) is 4. The highest BCUT2D eigenvalue weighted by Gasteiger charge is 2.27. The van der Waals surface area contributed by atoms with E-state index in [4.69, 9.17) is 5.73 Å². The van der Waals surface area contributed by atoms with Gasteiger partial charge in [0, 0.05) is 17.3 Å². The first kappa shape index (κ1) is 18.1. The molecule has 0 atom stereocenters. The molecule has 1 fully saturated rings. The molecular weight excluding hydrogens is 383 g/mol. The number of aromatic nitrogens is 3. The summed E-state index contributed by atoms with van der Waals surface area (Å²) in [4.78, 5) is 16.8. The third kappa shape index (κ3) is 3.43. The SMILES string of the molecule is Nc1n[nH]c2nc(C3CC3)cc(-c3ccc(NC(=O)Nc4ccccc4F)cc3)c12. The van der Waals surface area contributed by atoms with Crippen LogP contribution in [-0.2, 0) is 0 Å². The van der Waals surface area contributed by atoms with Gasteiger partial charge in [0.05, 0.1) is 11.1 Å². The van der Waals surface area contributed by atoms with E-state index in [0.29, 0.717) is 23.1 Å². The molecule has 5 rings (SSSR count). The Morgan fingerprint density at radius 2 is 1.87 bits per heavy atom. The minimum atomic E-state index is -0.519. The standard InChI is InChI=1S/C22H19FN6O/c23-16-3-1-2-4-17(16)27-22(30)25-14-9-7-12(8-10-14)15-11-18(13-5-6-13)26-21-19(15)20(24)28-29-21/h1-4,7-11,13H,5-6H2,(H2,25,27,30)(H3,24,26,28,29). The average Bonchev–Trinajstić information content (AvgIpc) is 3.53. The zero-order chi connectivity index (χ0) is 20.7. The van der Waals surface area contributed by atoms with Gasteiger partial charge in [-0.25, -0.2) is 14.2 Å². The molecule has 1 saturated carbocycles. The summed E-state index contributed by atoms with van der Waals surface area (Å²) in [6, 6.07) is 14.9. The Labute approximate surface area is 171 Å². The van der Waals surface area contributed by atoms with Gasteiger partial charge >= 0.3 is 6.03 Å². The number of halogens is 1. The molecule has 0 unspecified atom stereocenters. The van der Waals surface area contributed by atoms with Crippen molar-refractivity contribution in [2.45, 2.75) is 18.8 Å². The Hall–Kier alpha value is -3.94. The first-order valence-electron chi connectivity index (χ1n) is 9.66. The summed E-state index contributed by atoms with van der Waals surface area (Å²) in [6.07, 6.45) is 2.28. The second kappa shape index (κ2) is 7.14. The van der Waals surface area contributed by atoms with Gasteiger partial charge in [0.15, 0.2) is 11.5 Å².